The minimum absolute atomic E-state index is 0.142. The predicted octanol–water partition coefficient (Wildman–Crippen LogP) is 3.65. The van der Waals surface area contributed by atoms with Gasteiger partial charge < -0.3 is 9.67 Å². The van der Waals surface area contributed by atoms with E-state index in [9.17, 15) is 9.90 Å². The van der Waals surface area contributed by atoms with Gasteiger partial charge in [0.2, 0.25) is 0 Å². The summed E-state index contributed by atoms with van der Waals surface area (Å²) < 4.78 is 1.71. The number of carboxylic acid groups (broad SMARTS) is 1. The lowest BCUT2D eigenvalue weighted by Gasteiger charge is -2.06. The summed E-state index contributed by atoms with van der Waals surface area (Å²) in [6.45, 7) is 3.98. The summed E-state index contributed by atoms with van der Waals surface area (Å²) in [6.07, 6.45) is 0. The molecule has 0 aliphatic rings. The van der Waals surface area contributed by atoms with Gasteiger partial charge in [0.1, 0.15) is 5.69 Å². The van der Waals surface area contributed by atoms with Crippen molar-refractivity contribution in [3.05, 3.63) is 34.5 Å². The first-order valence-corrected chi connectivity index (χ1v) is 5.82. The molecule has 0 aliphatic carbocycles. The third-order valence-electron chi connectivity index (χ3n) is 2.98. The van der Waals surface area contributed by atoms with Crippen molar-refractivity contribution in [3.63, 3.8) is 0 Å². The van der Waals surface area contributed by atoms with Crippen molar-refractivity contribution in [3.8, 4) is 0 Å². The Hall–Kier alpha value is -1.48. The van der Waals surface area contributed by atoms with Gasteiger partial charge in [-0.05, 0) is 29.7 Å². The fourth-order valence-electron chi connectivity index (χ4n) is 2.29. The Morgan fingerprint density at radius 3 is 2.59 bits per heavy atom. The van der Waals surface area contributed by atoms with Gasteiger partial charge in [0, 0.05) is 23.0 Å². The molecule has 0 saturated carbocycles. The predicted molar refractivity (Wildman–Crippen MR) is 69.0 cm³/mol. The first-order chi connectivity index (χ1) is 7.93. The second kappa shape index (κ2) is 4.08. The highest BCUT2D eigenvalue weighted by molar-refractivity contribution is 6.31. The maximum Gasteiger partial charge on any atom is 0.352 e. The number of carboxylic acids is 1. The van der Waals surface area contributed by atoms with Gasteiger partial charge in [-0.2, -0.15) is 0 Å². The molecule has 1 aromatic heterocycles. The van der Waals surface area contributed by atoms with E-state index < -0.39 is 5.97 Å². The van der Waals surface area contributed by atoms with Gasteiger partial charge in [-0.25, -0.2) is 4.79 Å². The molecule has 3 nitrogen and oxygen atoms in total. The van der Waals surface area contributed by atoms with E-state index in [2.05, 4.69) is 0 Å². The average molecular weight is 252 g/mol. The molecule has 1 N–H and O–H groups in total. The topological polar surface area (TPSA) is 42.2 Å². The summed E-state index contributed by atoms with van der Waals surface area (Å²) in [7, 11) is 1.77. The second-order valence-corrected chi connectivity index (χ2v) is 4.88. The molecule has 4 heteroatoms. The first kappa shape index (κ1) is 12.0. The third kappa shape index (κ3) is 1.80. The molecule has 0 saturated heterocycles. The highest BCUT2D eigenvalue weighted by Crippen LogP contribution is 2.33. The van der Waals surface area contributed by atoms with Crippen LogP contribution in [0.1, 0.15) is 35.8 Å². The van der Waals surface area contributed by atoms with Crippen LogP contribution in [0.2, 0.25) is 5.02 Å². The van der Waals surface area contributed by atoms with Crippen LogP contribution in [-0.4, -0.2) is 15.6 Å². The van der Waals surface area contributed by atoms with Crippen LogP contribution in [0.5, 0.6) is 0 Å². The SMILES string of the molecule is CC(C)c1c(C(=O)O)n(C)c2ccc(Cl)cc12. The van der Waals surface area contributed by atoms with Crippen LogP contribution in [0.3, 0.4) is 0 Å². The minimum atomic E-state index is -0.900. The number of halogens is 1. The van der Waals surface area contributed by atoms with Crippen LogP contribution in [0.25, 0.3) is 10.9 Å². The molecular formula is C13H14ClNO2. The number of aryl methyl sites for hydroxylation is 1. The van der Waals surface area contributed by atoms with Crippen LogP contribution in [0.4, 0.5) is 0 Å². The maximum atomic E-state index is 11.3. The van der Waals surface area contributed by atoms with E-state index in [0.29, 0.717) is 10.7 Å². The van der Waals surface area contributed by atoms with Gasteiger partial charge in [-0.15, -0.1) is 0 Å². The molecule has 0 radical (unpaired) electrons. The monoisotopic (exact) mass is 251 g/mol. The highest BCUT2D eigenvalue weighted by Gasteiger charge is 2.22. The van der Waals surface area contributed by atoms with Gasteiger partial charge in [0.05, 0.1) is 0 Å². The zero-order valence-corrected chi connectivity index (χ0v) is 10.7. The van der Waals surface area contributed by atoms with Crippen molar-refractivity contribution in [2.45, 2.75) is 19.8 Å². The van der Waals surface area contributed by atoms with E-state index in [0.717, 1.165) is 16.5 Å². The highest BCUT2D eigenvalue weighted by atomic mass is 35.5. The number of aromatic nitrogens is 1. The van der Waals surface area contributed by atoms with Crippen molar-refractivity contribution in [2.24, 2.45) is 7.05 Å². The standard InChI is InChI=1S/C13H14ClNO2/c1-7(2)11-9-6-8(14)4-5-10(9)15(3)12(11)13(16)17/h4-7H,1-3H3,(H,16,17). The number of hydrogen-bond acceptors (Lipinski definition) is 1. The molecule has 0 fully saturated rings. The van der Waals surface area contributed by atoms with Crippen LogP contribution in [0, 0.1) is 0 Å². The Bertz CT molecular complexity index is 599. The Morgan fingerprint density at radius 1 is 1.41 bits per heavy atom. The molecule has 1 heterocycles. The Labute approximate surface area is 105 Å². The van der Waals surface area contributed by atoms with Crippen LogP contribution in [0.15, 0.2) is 18.2 Å². The summed E-state index contributed by atoms with van der Waals surface area (Å²) in [4.78, 5) is 11.3. The number of hydrogen-bond donors (Lipinski definition) is 1. The lowest BCUT2D eigenvalue weighted by Crippen LogP contribution is -2.08. The molecule has 1 aromatic carbocycles. The fourth-order valence-corrected chi connectivity index (χ4v) is 2.46. The molecule has 0 spiro atoms. The quantitative estimate of drug-likeness (QED) is 0.885. The summed E-state index contributed by atoms with van der Waals surface area (Å²) >= 11 is 5.98. The van der Waals surface area contributed by atoms with E-state index in [4.69, 9.17) is 11.6 Å². The number of fused-ring (bicyclic) bond motifs is 1. The fraction of sp³-hybridized carbons (Fsp3) is 0.308. The second-order valence-electron chi connectivity index (χ2n) is 4.44. The Balaban J connectivity index is 2.93. The van der Waals surface area contributed by atoms with E-state index >= 15 is 0 Å². The van der Waals surface area contributed by atoms with Crippen LogP contribution >= 0.6 is 11.6 Å². The molecule has 2 rings (SSSR count). The van der Waals surface area contributed by atoms with E-state index in [-0.39, 0.29) is 5.92 Å². The van der Waals surface area contributed by atoms with Crippen molar-refractivity contribution in [1.29, 1.82) is 0 Å². The van der Waals surface area contributed by atoms with Gasteiger partial charge in [-0.1, -0.05) is 25.4 Å². The smallest absolute Gasteiger partial charge is 0.352 e. The number of aromatic carboxylic acids is 1. The summed E-state index contributed by atoms with van der Waals surface area (Å²) in [6, 6.07) is 5.47. The van der Waals surface area contributed by atoms with Crippen molar-refractivity contribution in [2.75, 3.05) is 0 Å². The van der Waals surface area contributed by atoms with Gasteiger partial charge in [0.25, 0.3) is 0 Å². The summed E-state index contributed by atoms with van der Waals surface area (Å²) in [5.41, 5.74) is 2.09. The van der Waals surface area contributed by atoms with Gasteiger partial charge in [-0.3, -0.25) is 0 Å². The lowest BCUT2D eigenvalue weighted by molar-refractivity contribution is 0.0685. The van der Waals surface area contributed by atoms with E-state index in [1.165, 1.54) is 0 Å². The van der Waals surface area contributed by atoms with E-state index in [1.807, 2.05) is 26.0 Å². The summed E-state index contributed by atoms with van der Waals surface area (Å²) in [5, 5.41) is 10.9. The molecular weight excluding hydrogens is 238 g/mol. The third-order valence-corrected chi connectivity index (χ3v) is 3.22. The molecule has 17 heavy (non-hydrogen) atoms. The molecule has 0 aliphatic heterocycles. The zero-order valence-electron chi connectivity index (χ0n) is 9.99. The molecule has 2 aromatic rings. The molecule has 0 unspecified atom stereocenters. The van der Waals surface area contributed by atoms with Gasteiger partial charge >= 0.3 is 5.97 Å². The van der Waals surface area contributed by atoms with Crippen molar-refractivity contribution >= 4 is 28.5 Å². The summed E-state index contributed by atoms with van der Waals surface area (Å²) in [5.74, 6) is -0.758. The molecule has 90 valence electrons. The number of benzene rings is 1. The maximum absolute atomic E-state index is 11.3. The molecule has 0 amide bonds. The lowest BCUT2D eigenvalue weighted by atomic mass is 9.99. The average Bonchev–Trinajstić information content (AvgIpc) is 2.51. The Kier molecular flexibility index (Phi) is 2.87. The number of rotatable bonds is 2. The minimum Gasteiger partial charge on any atom is -0.477 e. The molecule has 0 atom stereocenters. The molecule has 0 bridgehead atoms. The van der Waals surface area contributed by atoms with Crippen LogP contribution in [-0.2, 0) is 7.05 Å². The normalized spacial score (nSPS) is 11.4. The van der Waals surface area contributed by atoms with Crippen molar-refractivity contribution < 1.29 is 9.90 Å². The zero-order chi connectivity index (χ0) is 12.7. The van der Waals surface area contributed by atoms with E-state index in [1.54, 1.807) is 17.7 Å². The number of carbonyl (C=O) groups is 1. The van der Waals surface area contributed by atoms with Gasteiger partial charge in [0.15, 0.2) is 0 Å². The van der Waals surface area contributed by atoms with Crippen molar-refractivity contribution in [1.82, 2.24) is 4.57 Å². The van der Waals surface area contributed by atoms with Crippen LogP contribution < -0.4 is 0 Å². The Morgan fingerprint density at radius 2 is 2.06 bits per heavy atom. The first-order valence-electron chi connectivity index (χ1n) is 5.44. The number of nitrogens with zero attached hydrogens (tertiary/aromatic N) is 1. The largest absolute Gasteiger partial charge is 0.477 e.